The zero-order valence-corrected chi connectivity index (χ0v) is 17.5. The summed E-state index contributed by atoms with van der Waals surface area (Å²) >= 11 is 0. The molecule has 0 spiro atoms. The van der Waals surface area contributed by atoms with E-state index in [4.69, 9.17) is 9.47 Å². The second-order valence-corrected chi connectivity index (χ2v) is 9.04. The maximum Gasteiger partial charge on any atom is 0.410 e. The second kappa shape index (κ2) is 9.25. The van der Waals surface area contributed by atoms with Gasteiger partial charge in [-0.3, -0.25) is 0 Å². The van der Waals surface area contributed by atoms with Crippen molar-refractivity contribution < 1.29 is 39.5 Å². The lowest BCUT2D eigenvalue weighted by Crippen LogP contribution is -2.36. The van der Waals surface area contributed by atoms with Gasteiger partial charge in [0.25, 0.3) is 0 Å². The first-order chi connectivity index (χ1) is 12.6. The Balaban J connectivity index is 0.000000280. The van der Waals surface area contributed by atoms with Crippen molar-refractivity contribution in [1.82, 2.24) is 9.80 Å². The van der Waals surface area contributed by atoms with E-state index in [0.717, 1.165) is 0 Å². The summed E-state index contributed by atoms with van der Waals surface area (Å²) in [7, 11) is 0. The molecule has 2 saturated heterocycles. The van der Waals surface area contributed by atoms with Gasteiger partial charge in [-0.15, -0.1) is 0 Å². The lowest BCUT2D eigenvalue weighted by Gasteiger charge is -2.24. The first kappa shape index (κ1) is 24.4. The van der Waals surface area contributed by atoms with E-state index in [1.165, 1.54) is 9.80 Å². The van der Waals surface area contributed by atoms with Crippen LogP contribution in [0.2, 0.25) is 0 Å². The quantitative estimate of drug-likeness (QED) is 0.438. The molecule has 4 N–H and O–H groups in total. The minimum absolute atomic E-state index is 0.135. The lowest BCUT2D eigenvalue weighted by molar-refractivity contribution is 0.0258. The number of carbonyl (C=O) groups excluding carboxylic acids is 2. The van der Waals surface area contributed by atoms with Crippen molar-refractivity contribution in [3.63, 3.8) is 0 Å². The van der Waals surface area contributed by atoms with Gasteiger partial charge in [0, 0.05) is 0 Å². The van der Waals surface area contributed by atoms with Crippen molar-refractivity contribution in [3.8, 4) is 0 Å². The summed E-state index contributed by atoms with van der Waals surface area (Å²) < 4.78 is 10.2. The molecule has 2 heterocycles. The number of nitrogens with zero attached hydrogens (tertiary/aromatic N) is 2. The van der Waals surface area contributed by atoms with Crippen LogP contribution < -0.4 is 0 Å². The Hall–Kier alpha value is -1.62. The number of carbonyl (C=O) groups is 2. The third-order valence-corrected chi connectivity index (χ3v) is 3.82. The fraction of sp³-hybridized carbons (Fsp3) is 0.889. The molecule has 28 heavy (non-hydrogen) atoms. The largest absolute Gasteiger partial charge is 0.444 e. The Bertz CT molecular complexity index is 475. The van der Waals surface area contributed by atoms with Gasteiger partial charge in [0.1, 0.15) is 11.2 Å². The van der Waals surface area contributed by atoms with E-state index < -0.39 is 47.8 Å². The molecule has 4 atom stereocenters. The Morgan fingerprint density at radius 2 is 0.857 bits per heavy atom. The zero-order valence-electron chi connectivity index (χ0n) is 17.5. The molecular formula is C18H34N2O8. The summed E-state index contributed by atoms with van der Waals surface area (Å²) in [4.78, 5) is 25.5. The van der Waals surface area contributed by atoms with Gasteiger partial charge in [-0.2, -0.15) is 0 Å². The molecule has 0 aromatic heterocycles. The molecule has 0 aromatic carbocycles. The Kier molecular flexibility index (Phi) is 8.07. The van der Waals surface area contributed by atoms with Crippen LogP contribution in [0, 0.1) is 0 Å². The van der Waals surface area contributed by atoms with E-state index in [1.807, 2.05) is 0 Å². The fourth-order valence-electron chi connectivity index (χ4n) is 2.49. The summed E-state index contributed by atoms with van der Waals surface area (Å²) in [6.07, 6.45) is -4.42. The van der Waals surface area contributed by atoms with E-state index >= 15 is 0 Å². The highest BCUT2D eigenvalue weighted by Crippen LogP contribution is 2.16. The van der Waals surface area contributed by atoms with Crippen LogP contribution in [-0.2, 0) is 9.47 Å². The minimum atomic E-state index is -0.859. The summed E-state index contributed by atoms with van der Waals surface area (Å²) in [5, 5.41) is 36.9. The van der Waals surface area contributed by atoms with Crippen molar-refractivity contribution in [2.45, 2.75) is 77.2 Å². The molecule has 0 bridgehead atoms. The number of hydrogen-bond acceptors (Lipinski definition) is 8. The van der Waals surface area contributed by atoms with Gasteiger partial charge in [0.05, 0.1) is 50.6 Å². The van der Waals surface area contributed by atoms with Gasteiger partial charge in [-0.25, -0.2) is 9.59 Å². The normalized spacial score (nSPS) is 27.9. The first-order valence-electron chi connectivity index (χ1n) is 9.27. The third-order valence-electron chi connectivity index (χ3n) is 3.82. The average molecular weight is 406 g/mol. The van der Waals surface area contributed by atoms with Gasteiger partial charge < -0.3 is 39.7 Å². The molecule has 2 rings (SSSR count). The highest BCUT2D eigenvalue weighted by Gasteiger charge is 2.35. The maximum absolute atomic E-state index is 11.4. The molecule has 164 valence electrons. The molecule has 0 unspecified atom stereocenters. The van der Waals surface area contributed by atoms with Crippen molar-refractivity contribution in [2.75, 3.05) is 26.2 Å². The summed E-state index contributed by atoms with van der Waals surface area (Å²) in [6, 6.07) is 0. The summed E-state index contributed by atoms with van der Waals surface area (Å²) in [6.45, 7) is 11.2. The van der Waals surface area contributed by atoms with Gasteiger partial charge >= 0.3 is 12.2 Å². The number of aliphatic hydroxyl groups is 4. The van der Waals surface area contributed by atoms with Gasteiger partial charge in [0.2, 0.25) is 0 Å². The van der Waals surface area contributed by atoms with Gasteiger partial charge in [-0.1, -0.05) is 0 Å². The summed E-state index contributed by atoms with van der Waals surface area (Å²) in [5.74, 6) is 0. The lowest BCUT2D eigenvalue weighted by atomic mass is 10.2. The number of amides is 2. The molecule has 2 aliphatic rings. The molecule has 2 aliphatic heterocycles. The number of ether oxygens (including phenoxy) is 2. The SMILES string of the molecule is CC(C)(C)OC(=O)N1C[C@@H](O)[C@@H](O)C1.CC(C)(C)OC(=O)N1C[C@@H](O)[C@@H](O)C1. The molecular weight excluding hydrogens is 372 g/mol. The van der Waals surface area contributed by atoms with Gasteiger partial charge in [0.15, 0.2) is 0 Å². The first-order valence-corrected chi connectivity index (χ1v) is 9.27. The zero-order chi connectivity index (χ0) is 21.9. The Morgan fingerprint density at radius 3 is 1.04 bits per heavy atom. The van der Waals surface area contributed by atoms with Crippen LogP contribution in [0.25, 0.3) is 0 Å². The predicted molar refractivity (Wildman–Crippen MR) is 99.6 cm³/mol. The van der Waals surface area contributed by atoms with Crippen molar-refractivity contribution >= 4 is 12.2 Å². The van der Waals surface area contributed by atoms with Crippen LogP contribution in [0.4, 0.5) is 9.59 Å². The monoisotopic (exact) mass is 406 g/mol. The second-order valence-electron chi connectivity index (χ2n) is 9.04. The molecule has 10 nitrogen and oxygen atoms in total. The van der Waals surface area contributed by atoms with Crippen LogP contribution in [-0.4, -0.2) is 104 Å². The standard InChI is InChI=1S/2C9H17NO4/c2*1-9(2,3)14-8(13)10-4-6(11)7(12)5-10/h2*6-7,11-12H,4-5H2,1-3H3/t2*6-,7+. The predicted octanol–water partition coefficient (Wildman–Crippen LogP) is -0.0822. The number of likely N-dealkylation sites (tertiary alicyclic amines) is 2. The van der Waals surface area contributed by atoms with E-state index in [9.17, 15) is 30.0 Å². The molecule has 0 radical (unpaired) electrons. The average Bonchev–Trinajstić information content (AvgIpc) is 3.00. The number of aliphatic hydroxyl groups excluding tert-OH is 4. The molecule has 2 fully saturated rings. The van der Waals surface area contributed by atoms with E-state index in [-0.39, 0.29) is 26.2 Å². The van der Waals surface area contributed by atoms with Gasteiger partial charge in [-0.05, 0) is 41.5 Å². The van der Waals surface area contributed by atoms with E-state index in [0.29, 0.717) is 0 Å². The topological polar surface area (TPSA) is 140 Å². The van der Waals surface area contributed by atoms with Crippen molar-refractivity contribution in [2.24, 2.45) is 0 Å². The van der Waals surface area contributed by atoms with E-state index in [2.05, 4.69) is 0 Å². The van der Waals surface area contributed by atoms with Crippen molar-refractivity contribution in [1.29, 1.82) is 0 Å². The number of β-amino-alcohol motifs (C(OH)–C–C–N with tert-alkyl or cyclic N) is 4. The minimum Gasteiger partial charge on any atom is -0.444 e. The molecule has 2 amide bonds. The molecule has 0 aliphatic carbocycles. The third kappa shape index (κ3) is 8.17. The fourth-order valence-corrected chi connectivity index (χ4v) is 2.49. The van der Waals surface area contributed by atoms with Crippen LogP contribution in [0.5, 0.6) is 0 Å². The van der Waals surface area contributed by atoms with Crippen LogP contribution in [0.15, 0.2) is 0 Å². The molecule has 10 heteroatoms. The van der Waals surface area contributed by atoms with Crippen molar-refractivity contribution in [3.05, 3.63) is 0 Å². The smallest absolute Gasteiger partial charge is 0.410 e. The number of rotatable bonds is 0. The molecule has 0 aromatic rings. The number of hydrogen-bond donors (Lipinski definition) is 4. The highest BCUT2D eigenvalue weighted by molar-refractivity contribution is 5.69. The van der Waals surface area contributed by atoms with Crippen LogP contribution >= 0.6 is 0 Å². The Morgan fingerprint density at radius 1 is 0.643 bits per heavy atom. The van der Waals surface area contributed by atoms with Crippen LogP contribution in [0.1, 0.15) is 41.5 Å². The Labute approximate surface area is 165 Å². The molecule has 0 saturated carbocycles. The highest BCUT2D eigenvalue weighted by atomic mass is 16.6. The van der Waals surface area contributed by atoms with Crippen LogP contribution in [0.3, 0.4) is 0 Å². The maximum atomic E-state index is 11.4. The summed E-state index contributed by atoms with van der Waals surface area (Å²) in [5.41, 5.74) is -1.09. The van der Waals surface area contributed by atoms with E-state index in [1.54, 1.807) is 41.5 Å².